The van der Waals surface area contributed by atoms with Crippen LogP contribution in [0.15, 0.2) is 27.8 Å². The van der Waals surface area contributed by atoms with Crippen molar-refractivity contribution in [3.63, 3.8) is 0 Å². The van der Waals surface area contributed by atoms with Crippen molar-refractivity contribution in [3.05, 3.63) is 24.2 Å². The summed E-state index contributed by atoms with van der Waals surface area (Å²) in [6.45, 7) is 14.0. The second-order valence-electron chi connectivity index (χ2n) is 8.31. The Hall–Kier alpha value is -1.49. The van der Waals surface area contributed by atoms with E-state index in [1.54, 1.807) is 19.1 Å². The summed E-state index contributed by atoms with van der Waals surface area (Å²) in [5.41, 5.74) is -2.33. The summed E-state index contributed by atoms with van der Waals surface area (Å²) in [6, 6.07) is 3.44. The third-order valence-corrected chi connectivity index (χ3v) is 3.48. The first-order valence-corrected chi connectivity index (χ1v) is 9.14. The van der Waals surface area contributed by atoms with Gasteiger partial charge in [0, 0.05) is 13.1 Å². The van der Waals surface area contributed by atoms with Crippen molar-refractivity contribution in [1.82, 2.24) is 16.0 Å². The number of ether oxygens (including phenoxy) is 1. The van der Waals surface area contributed by atoms with Crippen molar-refractivity contribution in [2.45, 2.75) is 65.2 Å². The van der Waals surface area contributed by atoms with Crippen LogP contribution < -0.4 is 16.0 Å². The highest BCUT2D eigenvalue weighted by Crippen LogP contribution is 2.21. The molecular formula is C19H35IN4O4. The molecule has 0 aromatic carbocycles. The standard InChI is InChI=1S/C19H34N4O4.HI/c1-8-20-15(22-13-19(7,25)14-10-9-11-26-14)21-12-18(5,6)23-16(24)27-17(2,3)4;/h9-11,25H,8,12-13H2,1-7H3,(H,23,24)(H2,20,21,22);1H. The number of hydrogen-bond acceptors (Lipinski definition) is 5. The second kappa shape index (κ2) is 10.9. The van der Waals surface area contributed by atoms with Gasteiger partial charge in [0.2, 0.25) is 0 Å². The predicted octanol–water partition coefficient (Wildman–Crippen LogP) is 2.96. The number of hydrogen-bond donors (Lipinski definition) is 4. The Morgan fingerprint density at radius 1 is 1.21 bits per heavy atom. The third kappa shape index (κ3) is 10.2. The van der Waals surface area contributed by atoms with Gasteiger partial charge in [0.25, 0.3) is 0 Å². The van der Waals surface area contributed by atoms with E-state index in [2.05, 4.69) is 20.9 Å². The molecule has 1 atom stereocenters. The number of furan rings is 1. The number of nitrogens with zero attached hydrogens (tertiary/aromatic N) is 1. The fourth-order valence-electron chi connectivity index (χ4n) is 2.17. The number of carbonyl (C=O) groups excluding carboxylic acids is 1. The molecule has 0 aliphatic heterocycles. The van der Waals surface area contributed by atoms with Crippen molar-refractivity contribution < 1.29 is 19.1 Å². The molecule has 1 aromatic heterocycles. The van der Waals surface area contributed by atoms with Crippen LogP contribution in [0, 0.1) is 0 Å². The minimum atomic E-state index is -1.21. The van der Waals surface area contributed by atoms with Crippen molar-refractivity contribution in [2.24, 2.45) is 4.99 Å². The van der Waals surface area contributed by atoms with E-state index in [1.165, 1.54) is 6.26 Å². The molecule has 0 aliphatic carbocycles. The second-order valence-corrected chi connectivity index (χ2v) is 8.31. The van der Waals surface area contributed by atoms with Crippen molar-refractivity contribution in [2.75, 3.05) is 19.6 Å². The van der Waals surface area contributed by atoms with Crippen LogP contribution in [0.4, 0.5) is 4.79 Å². The Balaban J connectivity index is 0.00000729. The molecule has 0 bridgehead atoms. The predicted molar refractivity (Wildman–Crippen MR) is 121 cm³/mol. The smallest absolute Gasteiger partial charge is 0.408 e. The molecule has 1 amide bonds. The summed E-state index contributed by atoms with van der Waals surface area (Å²) in [7, 11) is 0. The van der Waals surface area contributed by atoms with Gasteiger partial charge in [0.1, 0.15) is 17.0 Å². The highest BCUT2D eigenvalue weighted by Gasteiger charge is 2.27. The van der Waals surface area contributed by atoms with Crippen LogP contribution in [-0.4, -0.2) is 47.9 Å². The van der Waals surface area contributed by atoms with E-state index in [1.807, 2.05) is 41.5 Å². The summed E-state index contributed by atoms with van der Waals surface area (Å²) >= 11 is 0. The molecule has 0 spiro atoms. The molecule has 1 aromatic rings. The fourth-order valence-corrected chi connectivity index (χ4v) is 2.17. The number of rotatable bonds is 7. The molecule has 9 heteroatoms. The summed E-state index contributed by atoms with van der Waals surface area (Å²) < 4.78 is 10.6. The highest BCUT2D eigenvalue weighted by atomic mass is 127. The molecule has 1 heterocycles. The van der Waals surface area contributed by atoms with Gasteiger partial charge in [-0.3, -0.25) is 0 Å². The Morgan fingerprint density at radius 3 is 2.36 bits per heavy atom. The average molecular weight is 510 g/mol. The normalized spacial score (nSPS) is 14.5. The lowest BCUT2D eigenvalue weighted by atomic mass is 10.0. The molecule has 0 aliphatic rings. The molecule has 1 unspecified atom stereocenters. The molecular weight excluding hydrogens is 475 g/mol. The number of guanidine groups is 1. The van der Waals surface area contributed by atoms with E-state index in [0.29, 0.717) is 24.8 Å². The van der Waals surface area contributed by atoms with E-state index in [0.717, 1.165) is 0 Å². The van der Waals surface area contributed by atoms with Crippen LogP contribution in [0.5, 0.6) is 0 Å². The number of alkyl carbamates (subject to hydrolysis) is 1. The van der Waals surface area contributed by atoms with Gasteiger partial charge in [-0.05, 0) is 60.6 Å². The summed E-state index contributed by atoms with van der Waals surface area (Å²) in [5, 5.41) is 19.6. The van der Waals surface area contributed by atoms with Crippen molar-refractivity contribution in [3.8, 4) is 0 Å². The fraction of sp³-hybridized carbons (Fsp3) is 0.684. The number of amides is 1. The molecule has 0 radical (unpaired) electrons. The maximum Gasteiger partial charge on any atom is 0.408 e. The first-order chi connectivity index (χ1) is 12.3. The summed E-state index contributed by atoms with van der Waals surface area (Å²) in [5.74, 6) is 0.984. The van der Waals surface area contributed by atoms with Gasteiger partial charge in [0.05, 0.1) is 18.3 Å². The van der Waals surface area contributed by atoms with Gasteiger partial charge >= 0.3 is 6.09 Å². The maximum atomic E-state index is 12.0. The van der Waals surface area contributed by atoms with E-state index >= 15 is 0 Å². The molecule has 0 fully saturated rings. The van der Waals surface area contributed by atoms with Crippen molar-refractivity contribution in [1.29, 1.82) is 0 Å². The van der Waals surface area contributed by atoms with Gasteiger partial charge in [-0.15, -0.1) is 24.0 Å². The molecule has 28 heavy (non-hydrogen) atoms. The first-order valence-electron chi connectivity index (χ1n) is 9.14. The van der Waals surface area contributed by atoms with Gasteiger partial charge < -0.3 is 30.2 Å². The zero-order chi connectivity index (χ0) is 20.7. The summed E-state index contributed by atoms with van der Waals surface area (Å²) in [4.78, 5) is 16.4. The largest absolute Gasteiger partial charge is 0.466 e. The molecule has 1 rings (SSSR count). The van der Waals surface area contributed by atoms with Crippen molar-refractivity contribution >= 4 is 36.0 Å². The number of carbonyl (C=O) groups is 1. The van der Waals surface area contributed by atoms with E-state index in [-0.39, 0.29) is 30.5 Å². The van der Waals surface area contributed by atoms with Crippen LogP contribution in [0.1, 0.15) is 54.2 Å². The molecule has 0 saturated heterocycles. The Morgan fingerprint density at radius 2 is 1.86 bits per heavy atom. The Kier molecular flexibility index (Phi) is 10.3. The molecule has 8 nitrogen and oxygen atoms in total. The maximum absolute atomic E-state index is 12.0. The Labute approximate surface area is 184 Å². The van der Waals surface area contributed by atoms with E-state index < -0.39 is 22.8 Å². The lowest BCUT2D eigenvalue weighted by molar-refractivity contribution is 0.0437. The van der Waals surface area contributed by atoms with Crippen LogP contribution in [-0.2, 0) is 10.3 Å². The van der Waals surface area contributed by atoms with E-state index in [9.17, 15) is 9.90 Å². The molecule has 4 N–H and O–H groups in total. The number of aliphatic hydroxyl groups is 1. The van der Waals surface area contributed by atoms with Crippen LogP contribution >= 0.6 is 24.0 Å². The SMILES string of the molecule is CCNC(=NCC(C)(O)c1ccco1)NCC(C)(C)NC(=O)OC(C)(C)C.I. The number of aliphatic imine (C=N–C) groups is 1. The van der Waals surface area contributed by atoms with Gasteiger partial charge in [0.15, 0.2) is 5.96 Å². The first kappa shape index (κ1) is 26.5. The summed E-state index contributed by atoms with van der Waals surface area (Å²) in [6.07, 6.45) is 1.04. The number of nitrogens with one attached hydrogen (secondary N) is 3. The quantitative estimate of drug-likeness (QED) is 0.255. The lowest BCUT2D eigenvalue weighted by Crippen LogP contribution is -2.54. The van der Waals surface area contributed by atoms with E-state index in [4.69, 9.17) is 9.15 Å². The van der Waals surface area contributed by atoms with Crippen LogP contribution in [0.25, 0.3) is 0 Å². The molecule has 162 valence electrons. The number of halogens is 1. The third-order valence-electron chi connectivity index (χ3n) is 3.48. The monoisotopic (exact) mass is 510 g/mol. The zero-order valence-electron chi connectivity index (χ0n) is 17.9. The zero-order valence-corrected chi connectivity index (χ0v) is 20.2. The van der Waals surface area contributed by atoms with Gasteiger partial charge in [-0.1, -0.05) is 0 Å². The minimum absolute atomic E-state index is 0. The van der Waals surface area contributed by atoms with Crippen LogP contribution in [0.2, 0.25) is 0 Å². The topological polar surface area (TPSA) is 108 Å². The van der Waals surface area contributed by atoms with Gasteiger partial charge in [-0.25, -0.2) is 9.79 Å². The molecule has 0 saturated carbocycles. The lowest BCUT2D eigenvalue weighted by Gasteiger charge is -2.29. The van der Waals surface area contributed by atoms with Gasteiger partial charge in [-0.2, -0.15) is 0 Å². The Bertz CT molecular complexity index is 622. The van der Waals surface area contributed by atoms with Crippen LogP contribution in [0.3, 0.4) is 0 Å². The average Bonchev–Trinajstić information content (AvgIpc) is 3.02. The highest BCUT2D eigenvalue weighted by molar-refractivity contribution is 14.0. The minimum Gasteiger partial charge on any atom is -0.466 e.